The van der Waals surface area contributed by atoms with Gasteiger partial charge in [-0.1, -0.05) is 23.2 Å². The highest BCUT2D eigenvalue weighted by Crippen LogP contribution is 2.41. The summed E-state index contributed by atoms with van der Waals surface area (Å²) in [5.41, 5.74) is -0.943. The second-order valence-electron chi connectivity index (χ2n) is 10.1. The Kier molecular flexibility index (Phi) is 8.04. The molecule has 206 valence electrons. The number of halogens is 6. The fourth-order valence-corrected chi connectivity index (χ4v) is 5.56. The Morgan fingerprint density at radius 1 is 1.05 bits per heavy atom. The van der Waals surface area contributed by atoms with E-state index >= 15 is 4.39 Å². The number of benzene rings is 2. The number of anilines is 2. The first kappa shape index (κ1) is 28.3. The quantitative estimate of drug-likeness (QED) is 0.370. The molecule has 2 fully saturated rings. The van der Waals surface area contributed by atoms with Crippen molar-refractivity contribution in [2.45, 2.75) is 75.9 Å². The monoisotopic (exact) mass is 575 g/mol. The van der Waals surface area contributed by atoms with E-state index in [2.05, 4.69) is 10.6 Å². The largest absolute Gasteiger partial charge is 0.476 e. The van der Waals surface area contributed by atoms with Gasteiger partial charge in [0, 0.05) is 28.8 Å². The zero-order valence-electron chi connectivity index (χ0n) is 20.7. The smallest absolute Gasteiger partial charge is 0.397 e. The fourth-order valence-electron chi connectivity index (χ4n) is 5.11. The lowest BCUT2D eigenvalue weighted by atomic mass is 9.95. The number of hydrogen-bond acceptors (Lipinski definition) is 4. The summed E-state index contributed by atoms with van der Waals surface area (Å²) in [6.45, 7) is 3.28. The van der Waals surface area contributed by atoms with Crippen LogP contribution in [0.2, 0.25) is 10.0 Å². The van der Waals surface area contributed by atoms with Crippen molar-refractivity contribution < 1.29 is 31.9 Å². The number of carbonyl (C=O) groups is 2. The molecule has 38 heavy (non-hydrogen) atoms. The Hall–Kier alpha value is -2.72. The number of fused-ring (bicyclic) bond motifs is 2. The molecular weight excluding hydrogens is 549 g/mol. The third-order valence-corrected chi connectivity index (χ3v) is 7.28. The zero-order valence-corrected chi connectivity index (χ0v) is 22.2. The lowest BCUT2D eigenvalue weighted by molar-refractivity contribution is -0.150. The second kappa shape index (κ2) is 10.8. The molecule has 0 aliphatic carbocycles. The van der Waals surface area contributed by atoms with Crippen LogP contribution >= 0.6 is 23.2 Å². The fraction of sp³-hybridized carbons (Fsp3) is 0.462. The molecule has 2 N–H and O–H groups in total. The molecule has 2 saturated heterocycles. The van der Waals surface area contributed by atoms with Crippen molar-refractivity contribution in [1.29, 1.82) is 0 Å². The lowest BCUT2D eigenvalue weighted by Gasteiger charge is -2.41. The number of amides is 2. The van der Waals surface area contributed by atoms with Gasteiger partial charge in [-0.15, -0.1) is 0 Å². The highest BCUT2D eigenvalue weighted by Gasteiger charge is 2.43. The van der Waals surface area contributed by atoms with E-state index in [4.69, 9.17) is 27.9 Å². The molecule has 0 radical (unpaired) electrons. The van der Waals surface area contributed by atoms with Gasteiger partial charge >= 0.3 is 6.18 Å². The molecule has 4 rings (SSSR count). The van der Waals surface area contributed by atoms with Gasteiger partial charge in [-0.3, -0.25) is 9.59 Å². The van der Waals surface area contributed by atoms with Crippen LogP contribution in [-0.2, 0) is 9.59 Å². The first-order chi connectivity index (χ1) is 17.7. The van der Waals surface area contributed by atoms with Crippen LogP contribution in [0.25, 0.3) is 0 Å². The normalized spacial score (nSPS) is 21.3. The van der Waals surface area contributed by atoms with Crippen LogP contribution in [0.3, 0.4) is 0 Å². The van der Waals surface area contributed by atoms with Crippen molar-refractivity contribution in [3.63, 3.8) is 0 Å². The van der Waals surface area contributed by atoms with E-state index in [1.807, 2.05) is 4.90 Å². The van der Waals surface area contributed by atoms with E-state index < -0.39 is 29.9 Å². The molecule has 2 aromatic rings. The number of alkyl halides is 3. The van der Waals surface area contributed by atoms with Crippen LogP contribution in [-0.4, -0.2) is 41.7 Å². The molecule has 2 unspecified atom stereocenters. The molecule has 12 heteroatoms. The Bertz CT molecular complexity index is 1210. The summed E-state index contributed by atoms with van der Waals surface area (Å²) in [5.74, 6) is -1.87. The van der Waals surface area contributed by atoms with Crippen molar-refractivity contribution >= 4 is 46.4 Å². The Labute approximate surface area is 227 Å². The Morgan fingerprint density at radius 2 is 1.71 bits per heavy atom. The molecule has 0 spiro atoms. The summed E-state index contributed by atoms with van der Waals surface area (Å²) >= 11 is 12.1. The number of piperidine rings is 1. The molecule has 0 aromatic heterocycles. The summed E-state index contributed by atoms with van der Waals surface area (Å²) in [4.78, 5) is 26.6. The lowest BCUT2D eigenvalue weighted by Crippen LogP contribution is -2.55. The predicted molar refractivity (Wildman–Crippen MR) is 137 cm³/mol. The SMILES string of the molecule is CC(C)(Oc1ccc(Cl)cc1Cl)C(=O)NC1CC2CCC(C1)N2c1ccc(NC(=O)CC(F)(F)F)cc1F. The van der Waals surface area contributed by atoms with Gasteiger partial charge in [-0.05, 0) is 75.9 Å². The van der Waals surface area contributed by atoms with Crippen LogP contribution in [0.15, 0.2) is 36.4 Å². The van der Waals surface area contributed by atoms with Crippen LogP contribution in [0.4, 0.5) is 28.9 Å². The van der Waals surface area contributed by atoms with E-state index in [1.54, 1.807) is 26.0 Å². The third kappa shape index (κ3) is 6.64. The average molecular weight is 576 g/mol. The van der Waals surface area contributed by atoms with Crippen LogP contribution in [0, 0.1) is 5.82 Å². The minimum absolute atomic E-state index is 0.0334. The number of nitrogens with zero attached hydrogens (tertiary/aromatic N) is 1. The summed E-state index contributed by atoms with van der Waals surface area (Å²) < 4.78 is 58.1. The maximum atomic E-state index is 15.0. The number of ether oxygens (including phenoxy) is 1. The van der Waals surface area contributed by atoms with Gasteiger partial charge < -0.3 is 20.3 Å². The number of rotatable bonds is 7. The van der Waals surface area contributed by atoms with Crippen molar-refractivity contribution in [3.8, 4) is 5.75 Å². The van der Waals surface area contributed by atoms with Gasteiger partial charge in [0.25, 0.3) is 5.91 Å². The van der Waals surface area contributed by atoms with E-state index in [0.717, 1.165) is 18.9 Å². The molecule has 2 heterocycles. The second-order valence-corrected chi connectivity index (χ2v) is 11.0. The van der Waals surface area contributed by atoms with E-state index in [0.29, 0.717) is 29.3 Å². The van der Waals surface area contributed by atoms with Gasteiger partial charge in [-0.25, -0.2) is 4.39 Å². The maximum Gasteiger partial charge on any atom is 0.397 e. The topological polar surface area (TPSA) is 70.7 Å². The minimum Gasteiger partial charge on any atom is -0.476 e. The van der Waals surface area contributed by atoms with Gasteiger partial charge in [0.05, 0.1) is 10.7 Å². The third-order valence-electron chi connectivity index (χ3n) is 6.74. The first-order valence-electron chi connectivity index (χ1n) is 12.1. The van der Waals surface area contributed by atoms with Crippen LogP contribution in [0.1, 0.15) is 46.0 Å². The standard InChI is InChI=1S/C26H27Cl2F4N3O3/c1-25(2,38-22-8-3-14(27)9-19(22)28)24(37)34-16-10-17-5-6-18(11-16)35(17)21-7-4-15(12-20(21)29)33-23(36)13-26(30,31)32/h3-4,7-9,12,16-18H,5-6,10-11,13H2,1-2H3,(H,33,36)(H,34,37). The Balaban J connectivity index is 1.38. The highest BCUT2D eigenvalue weighted by atomic mass is 35.5. The minimum atomic E-state index is -4.65. The predicted octanol–water partition coefficient (Wildman–Crippen LogP) is 6.50. The average Bonchev–Trinajstić information content (AvgIpc) is 3.04. The van der Waals surface area contributed by atoms with Gasteiger partial charge in [0.1, 0.15) is 18.0 Å². The van der Waals surface area contributed by atoms with Crippen LogP contribution in [0.5, 0.6) is 5.75 Å². The van der Waals surface area contributed by atoms with Gasteiger partial charge in [0.15, 0.2) is 5.60 Å². The van der Waals surface area contributed by atoms with Crippen molar-refractivity contribution in [3.05, 3.63) is 52.3 Å². The molecule has 2 atom stereocenters. The number of nitrogens with one attached hydrogen (secondary N) is 2. The summed E-state index contributed by atoms with van der Waals surface area (Å²) in [6.07, 6.45) is -3.51. The molecule has 2 aliphatic rings. The molecule has 2 aromatic carbocycles. The van der Waals surface area contributed by atoms with E-state index in [-0.39, 0.29) is 34.7 Å². The Morgan fingerprint density at radius 3 is 2.29 bits per heavy atom. The molecule has 2 aliphatic heterocycles. The van der Waals surface area contributed by atoms with Gasteiger partial charge in [0.2, 0.25) is 5.91 Å². The number of carbonyl (C=O) groups excluding carboxylic acids is 2. The van der Waals surface area contributed by atoms with E-state index in [9.17, 15) is 22.8 Å². The molecule has 2 amide bonds. The molecular formula is C26H27Cl2F4N3O3. The summed E-state index contributed by atoms with van der Waals surface area (Å²) in [6, 6.07) is 8.41. The van der Waals surface area contributed by atoms with Gasteiger partial charge in [-0.2, -0.15) is 13.2 Å². The molecule has 0 saturated carbocycles. The van der Waals surface area contributed by atoms with Crippen molar-refractivity contribution in [2.75, 3.05) is 10.2 Å². The molecule has 6 nitrogen and oxygen atoms in total. The number of hydrogen-bond donors (Lipinski definition) is 2. The summed E-state index contributed by atoms with van der Waals surface area (Å²) in [5, 5.41) is 5.87. The zero-order chi connectivity index (χ0) is 27.8. The highest BCUT2D eigenvalue weighted by molar-refractivity contribution is 6.35. The van der Waals surface area contributed by atoms with Crippen molar-refractivity contribution in [1.82, 2.24) is 5.32 Å². The van der Waals surface area contributed by atoms with Crippen LogP contribution < -0.4 is 20.3 Å². The first-order valence-corrected chi connectivity index (χ1v) is 12.9. The van der Waals surface area contributed by atoms with Crippen molar-refractivity contribution in [2.24, 2.45) is 0 Å². The summed E-state index contributed by atoms with van der Waals surface area (Å²) in [7, 11) is 0. The van der Waals surface area contributed by atoms with E-state index in [1.165, 1.54) is 18.2 Å². The molecule has 2 bridgehead atoms. The maximum absolute atomic E-state index is 15.0.